The van der Waals surface area contributed by atoms with Crippen molar-refractivity contribution in [2.45, 2.75) is 26.4 Å². The highest BCUT2D eigenvalue weighted by Gasteiger charge is 2.21. The summed E-state index contributed by atoms with van der Waals surface area (Å²) in [6, 6.07) is 13.2. The summed E-state index contributed by atoms with van der Waals surface area (Å²) in [7, 11) is 1.42. The first-order valence-corrected chi connectivity index (χ1v) is 8.36. The number of carbonyl (C=O) groups excluding carboxylic acids is 1. The second-order valence-electron chi connectivity index (χ2n) is 5.89. The van der Waals surface area contributed by atoms with E-state index < -0.39 is 11.9 Å². The van der Waals surface area contributed by atoms with Gasteiger partial charge in [0.1, 0.15) is 0 Å². The molecular weight excluding hydrogens is 333 g/mol. The van der Waals surface area contributed by atoms with Gasteiger partial charge >= 0.3 is 0 Å². The van der Waals surface area contributed by atoms with E-state index in [0.717, 1.165) is 5.56 Å². The number of nitriles is 1. The second-order valence-corrected chi connectivity index (χ2v) is 5.89. The fraction of sp³-hybridized carbons (Fsp3) is 0.300. The number of benzene rings is 2. The van der Waals surface area contributed by atoms with Crippen LogP contribution in [-0.4, -0.2) is 30.5 Å². The molecule has 0 saturated heterocycles. The number of halogens is 1. The minimum Gasteiger partial charge on any atom is -0.494 e. The van der Waals surface area contributed by atoms with Gasteiger partial charge in [0.15, 0.2) is 11.6 Å². The van der Waals surface area contributed by atoms with Crippen LogP contribution in [0.4, 0.5) is 10.1 Å². The maximum Gasteiger partial charge on any atom is 0.241 e. The van der Waals surface area contributed by atoms with Crippen LogP contribution in [0, 0.1) is 17.1 Å². The first-order valence-electron chi connectivity index (χ1n) is 8.36. The monoisotopic (exact) mass is 355 g/mol. The summed E-state index contributed by atoms with van der Waals surface area (Å²) in [5.41, 5.74) is 1.82. The van der Waals surface area contributed by atoms with E-state index in [1.807, 2.05) is 17.9 Å². The van der Waals surface area contributed by atoms with Gasteiger partial charge in [-0.2, -0.15) is 5.26 Å². The molecular formula is C20H22FN3O2. The molecule has 1 amide bonds. The van der Waals surface area contributed by atoms with Crippen molar-refractivity contribution < 1.29 is 13.9 Å². The van der Waals surface area contributed by atoms with Crippen molar-refractivity contribution in [3.05, 3.63) is 59.4 Å². The Bertz CT molecular complexity index is 817. The van der Waals surface area contributed by atoms with Gasteiger partial charge in [-0.3, -0.25) is 9.69 Å². The highest BCUT2D eigenvalue weighted by Crippen LogP contribution is 2.19. The topological polar surface area (TPSA) is 65.4 Å². The van der Waals surface area contributed by atoms with Gasteiger partial charge in [-0.15, -0.1) is 0 Å². The number of nitrogens with one attached hydrogen (secondary N) is 1. The summed E-state index contributed by atoms with van der Waals surface area (Å²) in [6.45, 7) is 4.80. The molecule has 0 aliphatic rings. The van der Waals surface area contributed by atoms with Gasteiger partial charge in [-0.05, 0) is 49.4 Å². The van der Waals surface area contributed by atoms with Crippen LogP contribution in [0.5, 0.6) is 5.75 Å². The molecule has 136 valence electrons. The van der Waals surface area contributed by atoms with Crippen LogP contribution in [-0.2, 0) is 11.3 Å². The predicted octanol–water partition coefficient (Wildman–Crippen LogP) is 3.56. The maximum atomic E-state index is 13.9. The minimum atomic E-state index is -0.425. The molecule has 0 fully saturated rings. The number of anilines is 1. The number of hydrogen-bond acceptors (Lipinski definition) is 4. The summed E-state index contributed by atoms with van der Waals surface area (Å²) < 4.78 is 18.8. The Morgan fingerprint density at radius 3 is 2.73 bits per heavy atom. The van der Waals surface area contributed by atoms with E-state index in [1.54, 1.807) is 43.3 Å². The summed E-state index contributed by atoms with van der Waals surface area (Å²) in [6.07, 6.45) is 0. The van der Waals surface area contributed by atoms with E-state index in [2.05, 4.69) is 5.32 Å². The van der Waals surface area contributed by atoms with Crippen molar-refractivity contribution in [3.63, 3.8) is 0 Å². The van der Waals surface area contributed by atoms with Gasteiger partial charge in [0.2, 0.25) is 5.91 Å². The van der Waals surface area contributed by atoms with Gasteiger partial charge in [0, 0.05) is 12.2 Å². The molecule has 2 aromatic rings. The molecule has 0 saturated carbocycles. The average Bonchev–Trinajstić information content (AvgIpc) is 2.65. The molecule has 0 heterocycles. The highest BCUT2D eigenvalue weighted by molar-refractivity contribution is 5.94. The Morgan fingerprint density at radius 2 is 2.12 bits per heavy atom. The summed E-state index contributed by atoms with van der Waals surface area (Å²) in [5, 5.41) is 11.8. The summed E-state index contributed by atoms with van der Waals surface area (Å²) in [5.74, 6) is -0.414. The SMILES string of the molecule is CCN(Cc1ccc(OC)c(F)c1)[C@H](C)C(=O)Nc1cccc(C#N)c1. The molecule has 0 aliphatic carbocycles. The van der Waals surface area contributed by atoms with Crippen molar-refractivity contribution in [1.29, 1.82) is 5.26 Å². The molecule has 0 unspecified atom stereocenters. The lowest BCUT2D eigenvalue weighted by Gasteiger charge is -2.27. The van der Waals surface area contributed by atoms with Crippen LogP contribution in [0.25, 0.3) is 0 Å². The maximum absolute atomic E-state index is 13.9. The first kappa shape index (κ1) is 19.4. The Kier molecular flexibility index (Phi) is 6.70. The van der Waals surface area contributed by atoms with Crippen LogP contribution in [0.1, 0.15) is 25.0 Å². The van der Waals surface area contributed by atoms with Crippen molar-refractivity contribution in [2.24, 2.45) is 0 Å². The Hall–Kier alpha value is -2.91. The van der Waals surface area contributed by atoms with Crippen molar-refractivity contribution in [3.8, 4) is 11.8 Å². The largest absolute Gasteiger partial charge is 0.494 e. The number of methoxy groups -OCH3 is 1. The van der Waals surface area contributed by atoms with E-state index in [9.17, 15) is 9.18 Å². The zero-order valence-corrected chi connectivity index (χ0v) is 15.1. The molecule has 0 aromatic heterocycles. The number of nitrogens with zero attached hydrogens (tertiary/aromatic N) is 2. The van der Waals surface area contributed by atoms with Crippen molar-refractivity contribution in [2.75, 3.05) is 19.0 Å². The highest BCUT2D eigenvalue weighted by atomic mass is 19.1. The molecule has 1 atom stereocenters. The van der Waals surface area contributed by atoms with Crippen molar-refractivity contribution in [1.82, 2.24) is 4.90 Å². The molecule has 0 spiro atoms. The molecule has 2 aromatic carbocycles. The van der Waals surface area contributed by atoms with Crippen molar-refractivity contribution >= 4 is 11.6 Å². The lowest BCUT2D eigenvalue weighted by Crippen LogP contribution is -2.41. The first-order chi connectivity index (χ1) is 12.5. The number of likely N-dealkylation sites (N-methyl/N-ethyl adjacent to an activating group) is 1. The number of hydrogen-bond donors (Lipinski definition) is 1. The lowest BCUT2D eigenvalue weighted by molar-refractivity contribution is -0.120. The molecule has 6 heteroatoms. The smallest absolute Gasteiger partial charge is 0.241 e. The Labute approximate surface area is 153 Å². The van der Waals surface area contributed by atoms with Gasteiger partial charge in [-0.25, -0.2) is 4.39 Å². The lowest BCUT2D eigenvalue weighted by atomic mass is 10.1. The molecule has 0 aliphatic heterocycles. The average molecular weight is 355 g/mol. The van der Waals surface area contributed by atoms with Crippen LogP contribution >= 0.6 is 0 Å². The fourth-order valence-corrected chi connectivity index (χ4v) is 2.64. The van der Waals surface area contributed by atoms with E-state index in [-0.39, 0.29) is 11.7 Å². The molecule has 2 rings (SSSR count). The quantitative estimate of drug-likeness (QED) is 0.825. The molecule has 0 radical (unpaired) electrons. The molecule has 1 N–H and O–H groups in total. The van der Waals surface area contributed by atoms with Crippen LogP contribution < -0.4 is 10.1 Å². The Balaban J connectivity index is 2.07. The zero-order chi connectivity index (χ0) is 19.1. The second kappa shape index (κ2) is 8.97. The van der Waals surface area contributed by atoms with E-state index in [0.29, 0.717) is 24.3 Å². The van der Waals surface area contributed by atoms with Crippen LogP contribution in [0.2, 0.25) is 0 Å². The molecule has 5 nitrogen and oxygen atoms in total. The standard InChI is InChI=1S/C20H22FN3O2/c1-4-24(13-16-8-9-19(26-3)18(21)11-16)14(2)20(25)23-17-7-5-6-15(10-17)12-22/h5-11,14H,4,13H2,1-3H3,(H,23,25)/t14-/m1/s1. The van der Waals surface area contributed by atoms with E-state index in [1.165, 1.54) is 13.2 Å². The third-order valence-electron chi connectivity index (χ3n) is 4.19. The van der Waals surface area contributed by atoms with E-state index in [4.69, 9.17) is 10.00 Å². The normalized spacial score (nSPS) is 11.7. The minimum absolute atomic E-state index is 0.184. The third kappa shape index (κ3) is 4.80. The summed E-state index contributed by atoms with van der Waals surface area (Å²) in [4.78, 5) is 14.5. The Morgan fingerprint density at radius 1 is 1.35 bits per heavy atom. The fourth-order valence-electron chi connectivity index (χ4n) is 2.64. The van der Waals surface area contributed by atoms with Gasteiger partial charge in [0.05, 0.1) is 24.8 Å². The number of rotatable bonds is 7. The number of amides is 1. The molecule has 0 bridgehead atoms. The predicted molar refractivity (Wildman–Crippen MR) is 98.3 cm³/mol. The number of carbonyl (C=O) groups is 1. The van der Waals surface area contributed by atoms with Gasteiger partial charge in [-0.1, -0.05) is 19.1 Å². The summed E-state index contributed by atoms with van der Waals surface area (Å²) >= 11 is 0. The number of ether oxygens (including phenoxy) is 1. The zero-order valence-electron chi connectivity index (χ0n) is 15.1. The van der Waals surface area contributed by atoms with Gasteiger partial charge < -0.3 is 10.1 Å². The third-order valence-corrected chi connectivity index (χ3v) is 4.19. The van der Waals surface area contributed by atoms with Crippen LogP contribution in [0.3, 0.4) is 0 Å². The molecule has 26 heavy (non-hydrogen) atoms. The van der Waals surface area contributed by atoms with Crippen LogP contribution in [0.15, 0.2) is 42.5 Å². The van der Waals surface area contributed by atoms with E-state index >= 15 is 0 Å². The van der Waals surface area contributed by atoms with Gasteiger partial charge in [0.25, 0.3) is 0 Å².